The number of nitrogens with zero attached hydrogens (tertiary/aromatic N) is 6. The molecule has 1 atom stereocenters. The summed E-state index contributed by atoms with van der Waals surface area (Å²) in [5, 5.41) is 2.00. The maximum atomic E-state index is 13.9. The molecule has 5 rings (SSSR count). The second kappa shape index (κ2) is 10.4. The third-order valence-corrected chi connectivity index (χ3v) is 7.16. The molecule has 4 heterocycles. The second-order valence-corrected chi connectivity index (χ2v) is 9.49. The Morgan fingerprint density at radius 2 is 1.84 bits per heavy atom. The van der Waals surface area contributed by atoms with Gasteiger partial charge >= 0.3 is 5.69 Å². The van der Waals surface area contributed by atoms with Crippen LogP contribution in [0.15, 0.2) is 33.9 Å². The van der Waals surface area contributed by atoms with E-state index in [4.69, 9.17) is 15.7 Å². The van der Waals surface area contributed by atoms with Gasteiger partial charge in [0.2, 0.25) is 5.95 Å². The lowest BCUT2D eigenvalue weighted by molar-refractivity contribution is 0.496. The molecule has 1 unspecified atom stereocenters. The van der Waals surface area contributed by atoms with Crippen molar-refractivity contribution in [2.24, 2.45) is 12.8 Å². The molecule has 194 valence electrons. The lowest BCUT2D eigenvalue weighted by Crippen LogP contribution is -2.44. The number of rotatable bonds is 4. The first-order valence-corrected chi connectivity index (χ1v) is 12.3. The minimum absolute atomic E-state index is 0. The summed E-state index contributed by atoms with van der Waals surface area (Å²) >= 11 is 0. The fourth-order valence-electron chi connectivity index (χ4n) is 5.11. The second-order valence-electron chi connectivity index (χ2n) is 9.49. The van der Waals surface area contributed by atoms with Crippen molar-refractivity contribution in [3.63, 3.8) is 0 Å². The van der Waals surface area contributed by atoms with E-state index >= 15 is 0 Å². The minimum Gasteiger partial charge on any atom is -0.341 e. The highest BCUT2D eigenvalue weighted by Gasteiger charge is 2.26. The van der Waals surface area contributed by atoms with Crippen LogP contribution in [0.3, 0.4) is 0 Å². The van der Waals surface area contributed by atoms with Crippen molar-refractivity contribution in [1.82, 2.24) is 23.7 Å². The highest BCUT2D eigenvalue weighted by Crippen LogP contribution is 2.25. The van der Waals surface area contributed by atoms with Crippen LogP contribution in [0.4, 0.5) is 5.95 Å². The van der Waals surface area contributed by atoms with Gasteiger partial charge in [-0.25, -0.2) is 4.79 Å². The molecule has 10 heteroatoms. The molecule has 2 N–H and O–H groups in total. The Balaban J connectivity index is 0.00000320. The number of imidazole rings is 1. The number of anilines is 1. The molecule has 0 aliphatic carbocycles. The topological polar surface area (TPSA) is 104 Å². The van der Waals surface area contributed by atoms with E-state index in [1.54, 1.807) is 14.0 Å². The summed E-state index contributed by atoms with van der Waals surface area (Å²) in [5.74, 6) is 6.61. The average molecular weight is 522 g/mol. The molecular weight excluding hydrogens is 490 g/mol. The molecule has 0 bridgehead atoms. The molecular formula is C27H32ClN7O2. The fourth-order valence-corrected chi connectivity index (χ4v) is 5.11. The number of aromatic nitrogens is 5. The first-order chi connectivity index (χ1) is 17.3. The molecule has 1 fully saturated rings. The molecule has 9 nitrogen and oxygen atoms in total. The molecule has 1 aliphatic rings. The molecule has 1 aromatic carbocycles. The Hall–Kier alpha value is -3.61. The largest absolute Gasteiger partial charge is 0.341 e. The summed E-state index contributed by atoms with van der Waals surface area (Å²) in [6, 6.07) is 7.99. The minimum atomic E-state index is -0.426. The van der Waals surface area contributed by atoms with Crippen molar-refractivity contribution >= 4 is 40.3 Å². The van der Waals surface area contributed by atoms with Gasteiger partial charge in [-0.15, -0.1) is 18.3 Å². The zero-order chi connectivity index (χ0) is 25.6. The van der Waals surface area contributed by atoms with Crippen LogP contribution in [0.1, 0.15) is 36.7 Å². The SMILES string of the molecule is CC#CCn1c(N2CCCC(N)C2)nc2c1c(=O)n(Cc1nc(C)c(C)c3ccccc13)c(=O)n2C.Cl. The van der Waals surface area contributed by atoms with Gasteiger partial charge in [0.25, 0.3) is 5.56 Å². The smallest absolute Gasteiger partial charge is 0.332 e. The number of piperidine rings is 1. The van der Waals surface area contributed by atoms with Gasteiger partial charge in [-0.2, -0.15) is 4.98 Å². The number of benzene rings is 1. The number of halogens is 1. The maximum Gasteiger partial charge on any atom is 0.332 e. The molecule has 0 radical (unpaired) electrons. The number of hydrogen-bond donors (Lipinski definition) is 1. The molecule has 0 amide bonds. The van der Waals surface area contributed by atoms with Crippen LogP contribution in [-0.4, -0.2) is 42.8 Å². The molecule has 0 spiro atoms. The van der Waals surface area contributed by atoms with Crippen molar-refractivity contribution in [1.29, 1.82) is 0 Å². The number of nitrogens with two attached hydrogens (primary N) is 1. The van der Waals surface area contributed by atoms with Crippen LogP contribution in [0.25, 0.3) is 21.9 Å². The Morgan fingerprint density at radius 1 is 1.11 bits per heavy atom. The van der Waals surface area contributed by atoms with Gasteiger partial charge in [0, 0.05) is 37.3 Å². The first-order valence-electron chi connectivity index (χ1n) is 12.3. The average Bonchev–Trinajstić information content (AvgIpc) is 3.26. The Bertz CT molecular complexity index is 1670. The van der Waals surface area contributed by atoms with Crippen LogP contribution in [0, 0.1) is 25.7 Å². The van der Waals surface area contributed by atoms with Gasteiger partial charge in [0.1, 0.15) is 0 Å². The van der Waals surface area contributed by atoms with Crippen molar-refractivity contribution < 1.29 is 0 Å². The van der Waals surface area contributed by atoms with Crippen LogP contribution < -0.4 is 21.9 Å². The first kappa shape index (κ1) is 26.5. The number of hydrogen-bond acceptors (Lipinski definition) is 6. The highest BCUT2D eigenvalue weighted by molar-refractivity contribution is 5.88. The Morgan fingerprint density at radius 3 is 2.54 bits per heavy atom. The number of fused-ring (bicyclic) bond motifs is 2. The zero-order valence-electron chi connectivity index (χ0n) is 21.6. The van der Waals surface area contributed by atoms with E-state index in [1.165, 1.54) is 9.13 Å². The standard InChI is InChI=1S/C27H31N7O2.ClH/c1-5-6-14-33-23-24(30-26(33)32-13-9-10-19(28)15-32)31(4)27(36)34(25(23)35)16-22-21-12-8-7-11-20(21)17(2)18(3)29-22;/h7-8,11-12,19H,9-10,13-16,28H2,1-4H3;1H. The van der Waals surface area contributed by atoms with E-state index in [2.05, 4.69) is 16.7 Å². The van der Waals surface area contributed by atoms with E-state index in [9.17, 15) is 9.59 Å². The fraction of sp³-hybridized carbons (Fsp3) is 0.407. The lowest BCUT2D eigenvalue weighted by Gasteiger charge is -2.31. The van der Waals surface area contributed by atoms with E-state index in [1.807, 2.05) is 42.7 Å². The van der Waals surface area contributed by atoms with E-state index < -0.39 is 11.2 Å². The van der Waals surface area contributed by atoms with Gasteiger partial charge in [0.05, 0.1) is 18.8 Å². The zero-order valence-corrected chi connectivity index (χ0v) is 22.4. The summed E-state index contributed by atoms with van der Waals surface area (Å²) in [6.45, 7) is 7.54. The van der Waals surface area contributed by atoms with E-state index in [0.29, 0.717) is 35.9 Å². The molecule has 4 aromatic rings. The Labute approximate surface area is 221 Å². The lowest BCUT2D eigenvalue weighted by atomic mass is 10.0. The number of aryl methyl sites for hydroxylation is 3. The molecule has 0 saturated carbocycles. The van der Waals surface area contributed by atoms with E-state index in [-0.39, 0.29) is 25.0 Å². The molecule has 3 aromatic heterocycles. The molecule has 1 saturated heterocycles. The Kier molecular flexibility index (Phi) is 7.44. The van der Waals surface area contributed by atoms with Crippen molar-refractivity contribution in [3.05, 3.63) is 62.1 Å². The van der Waals surface area contributed by atoms with Crippen molar-refractivity contribution in [2.75, 3.05) is 18.0 Å². The van der Waals surface area contributed by atoms with Crippen LogP contribution in [0.2, 0.25) is 0 Å². The molecule has 1 aliphatic heterocycles. The monoisotopic (exact) mass is 521 g/mol. The van der Waals surface area contributed by atoms with E-state index in [0.717, 1.165) is 41.4 Å². The quantitative estimate of drug-likeness (QED) is 0.414. The van der Waals surface area contributed by atoms with Gasteiger partial charge < -0.3 is 10.6 Å². The highest BCUT2D eigenvalue weighted by atomic mass is 35.5. The predicted molar refractivity (Wildman–Crippen MR) is 150 cm³/mol. The van der Waals surface area contributed by atoms with Crippen molar-refractivity contribution in [3.8, 4) is 11.8 Å². The maximum absolute atomic E-state index is 13.9. The molecule has 37 heavy (non-hydrogen) atoms. The predicted octanol–water partition coefficient (Wildman–Crippen LogP) is 2.48. The third kappa shape index (κ3) is 4.52. The van der Waals surface area contributed by atoms with Gasteiger partial charge in [-0.3, -0.25) is 23.5 Å². The van der Waals surface area contributed by atoms with Crippen LogP contribution >= 0.6 is 12.4 Å². The van der Waals surface area contributed by atoms with Gasteiger partial charge in [-0.1, -0.05) is 30.2 Å². The van der Waals surface area contributed by atoms with Crippen LogP contribution in [0.5, 0.6) is 0 Å². The summed E-state index contributed by atoms with van der Waals surface area (Å²) in [4.78, 5) is 39.0. The summed E-state index contributed by atoms with van der Waals surface area (Å²) in [6.07, 6.45) is 1.90. The number of pyridine rings is 1. The summed E-state index contributed by atoms with van der Waals surface area (Å²) in [7, 11) is 1.65. The third-order valence-electron chi connectivity index (χ3n) is 7.16. The summed E-state index contributed by atoms with van der Waals surface area (Å²) < 4.78 is 4.53. The van der Waals surface area contributed by atoms with Crippen molar-refractivity contribution in [2.45, 2.75) is 52.7 Å². The van der Waals surface area contributed by atoms with Gasteiger partial charge in [-0.05, 0) is 44.6 Å². The normalized spacial score (nSPS) is 15.5. The van der Waals surface area contributed by atoms with Gasteiger partial charge in [0.15, 0.2) is 11.2 Å². The summed E-state index contributed by atoms with van der Waals surface area (Å²) in [5.41, 5.74) is 8.78. The van der Waals surface area contributed by atoms with Crippen LogP contribution in [-0.2, 0) is 20.1 Å².